The fourth-order valence-corrected chi connectivity index (χ4v) is 2.18. The molecule has 0 bridgehead atoms. The Morgan fingerprint density at radius 1 is 1.45 bits per heavy atom. The van der Waals surface area contributed by atoms with Gasteiger partial charge in [-0.25, -0.2) is 9.59 Å². The number of carboxylic acids is 1. The van der Waals surface area contributed by atoms with Crippen molar-refractivity contribution in [2.45, 2.75) is 19.4 Å². The van der Waals surface area contributed by atoms with Crippen molar-refractivity contribution in [2.75, 3.05) is 17.3 Å². The molecule has 0 saturated carbocycles. The summed E-state index contributed by atoms with van der Waals surface area (Å²) >= 11 is 7.39. The molecule has 0 aliphatic carbocycles. The molecule has 2 amide bonds. The molecule has 1 atom stereocenters. The summed E-state index contributed by atoms with van der Waals surface area (Å²) in [6.45, 7) is 1.83. The van der Waals surface area contributed by atoms with Crippen LogP contribution in [0.3, 0.4) is 0 Å². The van der Waals surface area contributed by atoms with Crippen molar-refractivity contribution in [2.24, 2.45) is 0 Å². The highest BCUT2D eigenvalue weighted by Gasteiger charge is 2.19. The van der Waals surface area contributed by atoms with Crippen molar-refractivity contribution >= 4 is 41.1 Å². The molecule has 110 valence electrons. The molecule has 0 aliphatic rings. The zero-order valence-corrected chi connectivity index (χ0v) is 12.8. The maximum atomic E-state index is 11.8. The number of anilines is 1. The Labute approximate surface area is 127 Å². The molecule has 0 radical (unpaired) electrons. The van der Waals surface area contributed by atoms with E-state index in [1.807, 2.05) is 13.2 Å². The van der Waals surface area contributed by atoms with Crippen molar-refractivity contribution in [1.82, 2.24) is 5.32 Å². The third-order valence-electron chi connectivity index (χ3n) is 2.66. The SMILES string of the molecule is CSCC[C@@H](NC(=O)Nc1cc(Cl)ccc1C)C(=O)O. The van der Waals surface area contributed by atoms with Gasteiger partial charge in [0.15, 0.2) is 0 Å². The predicted octanol–water partition coefficient (Wildman–Crippen LogP) is 2.98. The second-order valence-electron chi connectivity index (χ2n) is 4.23. The largest absolute Gasteiger partial charge is 0.480 e. The Hall–Kier alpha value is -1.40. The van der Waals surface area contributed by atoms with Gasteiger partial charge in [0.1, 0.15) is 6.04 Å². The van der Waals surface area contributed by atoms with Crippen LogP contribution in [-0.2, 0) is 4.79 Å². The van der Waals surface area contributed by atoms with E-state index in [2.05, 4.69) is 10.6 Å². The van der Waals surface area contributed by atoms with E-state index in [0.29, 0.717) is 22.9 Å². The van der Waals surface area contributed by atoms with Gasteiger partial charge in [0.2, 0.25) is 0 Å². The van der Waals surface area contributed by atoms with E-state index in [9.17, 15) is 9.59 Å². The van der Waals surface area contributed by atoms with Crippen LogP contribution in [0, 0.1) is 6.92 Å². The molecule has 1 rings (SSSR count). The van der Waals surface area contributed by atoms with Crippen molar-refractivity contribution in [3.8, 4) is 0 Å². The molecule has 20 heavy (non-hydrogen) atoms. The average molecular weight is 317 g/mol. The van der Waals surface area contributed by atoms with Gasteiger partial charge in [-0.3, -0.25) is 0 Å². The number of aryl methyl sites for hydroxylation is 1. The van der Waals surface area contributed by atoms with Crippen LogP contribution < -0.4 is 10.6 Å². The van der Waals surface area contributed by atoms with Gasteiger partial charge < -0.3 is 15.7 Å². The molecule has 0 unspecified atom stereocenters. The maximum Gasteiger partial charge on any atom is 0.326 e. The van der Waals surface area contributed by atoms with Crippen LogP contribution in [0.2, 0.25) is 5.02 Å². The molecule has 3 N–H and O–H groups in total. The third kappa shape index (κ3) is 5.30. The van der Waals surface area contributed by atoms with E-state index in [1.54, 1.807) is 18.2 Å². The Bertz CT molecular complexity index is 497. The minimum Gasteiger partial charge on any atom is -0.480 e. The molecular formula is C13H17ClN2O3S. The highest BCUT2D eigenvalue weighted by molar-refractivity contribution is 7.98. The second-order valence-corrected chi connectivity index (χ2v) is 5.65. The number of thioether (sulfide) groups is 1. The third-order valence-corrected chi connectivity index (χ3v) is 3.54. The molecule has 0 heterocycles. The topological polar surface area (TPSA) is 78.4 Å². The van der Waals surface area contributed by atoms with Gasteiger partial charge >= 0.3 is 12.0 Å². The number of hydrogen-bond donors (Lipinski definition) is 3. The molecule has 0 fully saturated rings. The first kappa shape index (κ1) is 16.7. The first-order valence-corrected chi connectivity index (χ1v) is 7.76. The number of carbonyl (C=O) groups excluding carboxylic acids is 1. The molecule has 0 aliphatic heterocycles. The van der Waals surface area contributed by atoms with E-state index in [1.165, 1.54) is 11.8 Å². The minimum atomic E-state index is -1.04. The summed E-state index contributed by atoms with van der Waals surface area (Å²) in [5, 5.41) is 14.6. The van der Waals surface area contributed by atoms with Crippen LogP contribution in [0.1, 0.15) is 12.0 Å². The standard InChI is InChI=1S/C13H17ClN2O3S/c1-8-3-4-9(14)7-11(8)16-13(19)15-10(12(17)18)5-6-20-2/h3-4,7,10H,5-6H2,1-2H3,(H,17,18)(H2,15,16,19)/t10-/m1/s1. The molecule has 1 aromatic carbocycles. The first-order chi connectivity index (χ1) is 9.43. The Balaban J connectivity index is 2.65. The number of amides is 2. The monoisotopic (exact) mass is 316 g/mol. The van der Waals surface area contributed by atoms with Crippen LogP contribution in [0.15, 0.2) is 18.2 Å². The van der Waals surface area contributed by atoms with E-state index < -0.39 is 18.0 Å². The Morgan fingerprint density at radius 2 is 2.15 bits per heavy atom. The van der Waals surface area contributed by atoms with E-state index in [-0.39, 0.29) is 0 Å². The van der Waals surface area contributed by atoms with Gasteiger partial charge in [-0.1, -0.05) is 17.7 Å². The summed E-state index contributed by atoms with van der Waals surface area (Å²) in [5.41, 5.74) is 1.41. The summed E-state index contributed by atoms with van der Waals surface area (Å²) < 4.78 is 0. The van der Waals surface area contributed by atoms with Crippen molar-refractivity contribution < 1.29 is 14.7 Å². The van der Waals surface area contributed by atoms with Crippen molar-refractivity contribution in [3.05, 3.63) is 28.8 Å². The van der Waals surface area contributed by atoms with Crippen LogP contribution in [-0.4, -0.2) is 35.2 Å². The summed E-state index contributed by atoms with van der Waals surface area (Å²) in [7, 11) is 0. The van der Waals surface area contributed by atoms with Gasteiger partial charge in [-0.05, 0) is 43.0 Å². The first-order valence-electron chi connectivity index (χ1n) is 5.99. The molecule has 0 saturated heterocycles. The van der Waals surface area contributed by atoms with Crippen LogP contribution in [0.5, 0.6) is 0 Å². The van der Waals surface area contributed by atoms with Crippen molar-refractivity contribution in [3.63, 3.8) is 0 Å². The van der Waals surface area contributed by atoms with Gasteiger partial charge in [0.25, 0.3) is 0 Å². The average Bonchev–Trinajstić information content (AvgIpc) is 2.38. The zero-order chi connectivity index (χ0) is 15.1. The number of benzene rings is 1. The Morgan fingerprint density at radius 3 is 2.75 bits per heavy atom. The van der Waals surface area contributed by atoms with Crippen molar-refractivity contribution in [1.29, 1.82) is 0 Å². The number of hydrogen-bond acceptors (Lipinski definition) is 3. The highest BCUT2D eigenvalue weighted by atomic mass is 35.5. The van der Waals surface area contributed by atoms with Gasteiger partial charge in [0, 0.05) is 10.7 Å². The molecule has 0 aromatic heterocycles. The number of carboxylic acid groups (broad SMARTS) is 1. The number of halogens is 1. The summed E-state index contributed by atoms with van der Waals surface area (Å²) in [6, 6.07) is 3.67. The van der Waals surface area contributed by atoms with Gasteiger partial charge in [0.05, 0.1) is 0 Å². The molecule has 0 spiro atoms. The lowest BCUT2D eigenvalue weighted by Gasteiger charge is -2.15. The van der Waals surface area contributed by atoms with Gasteiger partial charge in [-0.2, -0.15) is 11.8 Å². The minimum absolute atomic E-state index is 0.373. The summed E-state index contributed by atoms with van der Waals surface area (Å²) in [6.07, 6.45) is 2.26. The fraction of sp³-hybridized carbons (Fsp3) is 0.385. The lowest BCUT2D eigenvalue weighted by Crippen LogP contribution is -2.43. The normalized spacial score (nSPS) is 11.8. The molecular weight excluding hydrogens is 300 g/mol. The fourth-order valence-electron chi connectivity index (χ4n) is 1.54. The lowest BCUT2D eigenvalue weighted by molar-refractivity contribution is -0.139. The number of aliphatic carboxylic acids is 1. The number of carbonyl (C=O) groups is 2. The Kier molecular flexibility index (Phi) is 6.67. The maximum absolute atomic E-state index is 11.8. The number of nitrogens with one attached hydrogen (secondary N) is 2. The summed E-state index contributed by atoms with van der Waals surface area (Å²) in [4.78, 5) is 22.9. The number of rotatable bonds is 6. The zero-order valence-electron chi connectivity index (χ0n) is 11.3. The molecule has 5 nitrogen and oxygen atoms in total. The summed E-state index contributed by atoms with van der Waals surface area (Å²) in [5.74, 6) is -0.384. The molecule has 1 aromatic rings. The number of urea groups is 1. The van der Waals surface area contributed by atoms with Crippen LogP contribution in [0.25, 0.3) is 0 Å². The quantitative estimate of drug-likeness (QED) is 0.754. The smallest absolute Gasteiger partial charge is 0.326 e. The lowest BCUT2D eigenvalue weighted by atomic mass is 10.2. The molecule has 7 heteroatoms. The second kappa shape index (κ2) is 8.01. The van der Waals surface area contributed by atoms with Crippen LogP contribution >= 0.6 is 23.4 Å². The van der Waals surface area contributed by atoms with E-state index in [0.717, 1.165) is 5.56 Å². The van der Waals surface area contributed by atoms with E-state index >= 15 is 0 Å². The van der Waals surface area contributed by atoms with Gasteiger partial charge in [-0.15, -0.1) is 0 Å². The van der Waals surface area contributed by atoms with Crippen LogP contribution in [0.4, 0.5) is 10.5 Å². The van der Waals surface area contributed by atoms with E-state index in [4.69, 9.17) is 16.7 Å². The predicted molar refractivity (Wildman–Crippen MR) is 82.8 cm³/mol. The highest BCUT2D eigenvalue weighted by Crippen LogP contribution is 2.20.